The van der Waals surface area contributed by atoms with E-state index in [1.54, 1.807) is 6.07 Å². The smallest absolute Gasteiger partial charge is 0.124 e. The first-order valence-electron chi connectivity index (χ1n) is 4.42. The Bertz CT molecular complexity index is 302. The van der Waals surface area contributed by atoms with E-state index in [4.69, 9.17) is 10.8 Å². The second-order valence-electron chi connectivity index (χ2n) is 3.22. The van der Waals surface area contributed by atoms with E-state index >= 15 is 0 Å². The third kappa shape index (κ3) is 3.04. The molecule has 0 amide bonds. The summed E-state index contributed by atoms with van der Waals surface area (Å²) in [5.74, 6) is -0.231. The number of rotatable bonds is 4. The van der Waals surface area contributed by atoms with E-state index in [9.17, 15) is 4.39 Å². The topological polar surface area (TPSA) is 46.2 Å². The minimum Gasteiger partial charge on any atom is -0.396 e. The predicted molar refractivity (Wildman–Crippen MR) is 57.4 cm³/mol. The summed E-state index contributed by atoms with van der Waals surface area (Å²) in [5, 5.41) is 8.96. The standard InChI is InChI=1S/C10H13BrFNO/c11-10-4-9(12)2-1-8(10)3-7(5-13)6-14/h1-2,4,7,14H,3,5-6,13H2. The molecule has 0 aliphatic carbocycles. The van der Waals surface area contributed by atoms with Gasteiger partial charge in [-0.2, -0.15) is 0 Å². The van der Waals surface area contributed by atoms with Gasteiger partial charge in [0, 0.05) is 11.1 Å². The molecule has 0 heterocycles. The van der Waals surface area contributed by atoms with Crippen LogP contribution in [0.25, 0.3) is 0 Å². The lowest BCUT2D eigenvalue weighted by Gasteiger charge is -2.12. The minimum atomic E-state index is -0.270. The van der Waals surface area contributed by atoms with Crippen LogP contribution in [0.4, 0.5) is 4.39 Å². The van der Waals surface area contributed by atoms with Gasteiger partial charge in [-0.1, -0.05) is 22.0 Å². The van der Waals surface area contributed by atoms with Gasteiger partial charge < -0.3 is 10.8 Å². The molecule has 1 aromatic carbocycles. The van der Waals surface area contributed by atoms with Gasteiger partial charge in [0.2, 0.25) is 0 Å². The average Bonchev–Trinajstić information content (AvgIpc) is 2.17. The van der Waals surface area contributed by atoms with E-state index in [-0.39, 0.29) is 18.3 Å². The zero-order chi connectivity index (χ0) is 10.6. The first-order valence-corrected chi connectivity index (χ1v) is 5.21. The Balaban J connectivity index is 2.76. The molecule has 2 nitrogen and oxygen atoms in total. The molecule has 1 atom stereocenters. The highest BCUT2D eigenvalue weighted by Gasteiger charge is 2.09. The van der Waals surface area contributed by atoms with Crippen LogP contribution in [-0.2, 0) is 6.42 Å². The molecule has 0 radical (unpaired) electrons. The van der Waals surface area contributed by atoms with Crippen molar-refractivity contribution in [2.75, 3.05) is 13.2 Å². The number of halogens is 2. The fourth-order valence-corrected chi connectivity index (χ4v) is 1.73. The Hall–Kier alpha value is -0.450. The molecule has 0 spiro atoms. The van der Waals surface area contributed by atoms with Crippen molar-refractivity contribution in [3.8, 4) is 0 Å². The van der Waals surface area contributed by atoms with Crippen molar-refractivity contribution in [2.45, 2.75) is 6.42 Å². The first-order chi connectivity index (χ1) is 6.67. The molecule has 3 N–H and O–H groups in total. The molecule has 14 heavy (non-hydrogen) atoms. The largest absolute Gasteiger partial charge is 0.396 e. The summed E-state index contributed by atoms with van der Waals surface area (Å²) in [5.41, 5.74) is 6.43. The van der Waals surface area contributed by atoms with Gasteiger partial charge in [0.05, 0.1) is 0 Å². The van der Waals surface area contributed by atoms with Gasteiger partial charge in [-0.15, -0.1) is 0 Å². The molecule has 0 aliphatic heterocycles. The lowest BCUT2D eigenvalue weighted by molar-refractivity contribution is 0.229. The van der Waals surface area contributed by atoms with E-state index < -0.39 is 0 Å². The number of nitrogens with two attached hydrogens (primary N) is 1. The normalized spacial score (nSPS) is 12.9. The summed E-state index contributed by atoms with van der Waals surface area (Å²) in [7, 11) is 0. The van der Waals surface area contributed by atoms with Crippen LogP contribution in [0, 0.1) is 11.7 Å². The summed E-state index contributed by atoms with van der Waals surface area (Å²) in [6.45, 7) is 0.487. The van der Waals surface area contributed by atoms with Crippen molar-refractivity contribution < 1.29 is 9.50 Å². The van der Waals surface area contributed by atoms with Crippen molar-refractivity contribution in [1.29, 1.82) is 0 Å². The molecule has 0 saturated heterocycles. The summed E-state index contributed by atoms with van der Waals surface area (Å²) in [6.07, 6.45) is 0.661. The van der Waals surface area contributed by atoms with E-state index in [1.807, 2.05) is 0 Å². The quantitative estimate of drug-likeness (QED) is 0.867. The Morgan fingerprint density at radius 2 is 2.21 bits per heavy atom. The fourth-order valence-electron chi connectivity index (χ4n) is 1.22. The van der Waals surface area contributed by atoms with E-state index in [2.05, 4.69) is 15.9 Å². The van der Waals surface area contributed by atoms with Gasteiger partial charge >= 0.3 is 0 Å². The predicted octanol–water partition coefficient (Wildman–Crippen LogP) is 1.70. The highest BCUT2D eigenvalue weighted by atomic mass is 79.9. The lowest BCUT2D eigenvalue weighted by atomic mass is 10.0. The van der Waals surface area contributed by atoms with Crippen LogP contribution in [0.5, 0.6) is 0 Å². The second kappa shape index (κ2) is 5.44. The molecule has 0 aromatic heterocycles. The van der Waals surface area contributed by atoms with Crippen LogP contribution in [0.3, 0.4) is 0 Å². The van der Waals surface area contributed by atoms with Crippen molar-refractivity contribution in [3.63, 3.8) is 0 Å². The zero-order valence-corrected chi connectivity index (χ0v) is 9.30. The van der Waals surface area contributed by atoms with Crippen LogP contribution in [0.2, 0.25) is 0 Å². The van der Waals surface area contributed by atoms with Crippen LogP contribution >= 0.6 is 15.9 Å². The minimum absolute atomic E-state index is 0.0387. The molecule has 0 saturated carbocycles. The van der Waals surface area contributed by atoms with Gasteiger partial charge in [0.1, 0.15) is 5.82 Å². The molecule has 0 bridgehead atoms. The van der Waals surface area contributed by atoms with E-state index in [1.165, 1.54) is 12.1 Å². The van der Waals surface area contributed by atoms with Gasteiger partial charge in [-0.25, -0.2) is 4.39 Å². The molecular weight excluding hydrogens is 249 g/mol. The Morgan fingerprint density at radius 1 is 1.50 bits per heavy atom. The highest BCUT2D eigenvalue weighted by Crippen LogP contribution is 2.20. The molecule has 1 rings (SSSR count). The molecular formula is C10H13BrFNO. The second-order valence-corrected chi connectivity index (χ2v) is 4.08. The third-order valence-electron chi connectivity index (χ3n) is 2.12. The third-order valence-corrected chi connectivity index (χ3v) is 2.85. The summed E-state index contributed by atoms with van der Waals surface area (Å²) >= 11 is 3.27. The summed E-state index contributed by atoms with van der Waals surface area (Å²) in [4.78, 5) is 0. The van der Waals surface area contributed by atoms with Gasteiger partial charge in [-0.3, -0.25) is 0 Å². The number of aliphatic hydroxyl groups excluding tert-OH is 1. The van der Waals surface area contributed by atoms with E-state index in [0.29, 0.717) is 13.0 Å². The van der Waals surface area contributed by atoms with Crippen LogP contribution < -0.4 is 5.73 Å². The van der Waals surface area contributed by atoms with Crippen LogP contribution in [0.15, 0.2) is 22.7 Å². The lowest BCUT2D eigenvalue weighted by Crippen LogP contribution is -2.20. The SMILES string of the molecule is NCC(CO)Cc1ccc(F)cc1Br. The Labute approximate surface area is 91.1 Å². The van der Waals surface area contributed by atoms with Crippen LogP contribution in [0.1, 0.15) is 5.56 Å². The van der Waals surface area contributed by atoms with Crippen LogP contribution in [-0.4, -0.2) is 18.3 Å². The van der Waals surface area contributed by atoms with Crippen molar-refractivity contribution in [1.82, 2.24) is 0 Å². The van der Waals surface area contributed by atoms with E-state index in [0.717, 1.165) is 10.0 Å². The maximum Gasteiger partial charge on any atom is 0.124 e. The maximum absolute atomic E-state index is 12.7. The van der Waals surface area contributed by atoms with Gasteiger partial charge in [-0.05, 0) is 36.6 Å². The molecule has 0 aliphatic rings. The Kier molecular flexibility index (Phi) is 4.51. The monoisotopic (exact) mass is 261 g/mol. The molecule has 1 unspecified atom stereocenters. The highest BCUT2D eigenvalue weighted by molar-refractivity contribution is 9.10. The fraction of sp³-hybridized carbons (Fsp3) is 0.400. The van der Waals surface area contributed by atoms with Crippen molar-refractivity contribution in [2.24, 2.45) is 11.7 Å². The van der Waals surface area contributed by atoms with Crippen molar-refractivity contribution >= 4 is 15.9 Å². The number of hydrogen-bond donors (Lipinski definition) is 2. The Morgan fingerprint density at radius 3 is 2.71 bits per heavy atom. The first kappa shape index (κ1) is 11.6. The van der Waals surface area contributed by atoms with Gasteiger partial charge in [0.15, 0.2) is 0 Å². The summed E-state index contributed by atoms with van der Waals surface area (Å²) in [6, 6.07) is 4.53. The number of hydrogen-bond acceptors (Lipinski definition) is 2. The number of aliphatic hydroxyl groups is 1. The molecule has 0 fully saturated rings. The summed E-state index contributed by atoms with van der Waals surface area (Å²) < 4.78 is 13.5. The number of benzene rings is 1. The average molecular weight is 262 g/mol. The molecule has 1 aromatic rings. The van der Waals surface area contributed by atoms with Gasteiger partial charge in [0.25, 0.3) is 0 Å². The zero-order valence-electron chi connectivity index (χ0n) is 7.71. The molecule has 78 valence electrons. The maximum atomic E-state index is 12.7. The van der Waals surface area contributed by atoms with Crippen molar-refractivity contribution in [3.05, 3.63) is 34.1 Å². The molecule has 4 heteroatoms.